The van der Waals surface area contributed by atoms with E-state index in [4.69, 9.17) is 42.6 Å². The molecule has 8 rings (SSSR count). The molecule has 0 spiro atoms. The average molecular weight is 1880 g/mol. The minimum absolute atomic E-state index is 0.524. The van der Waals surface area contributed by atoms with Crippen LogP contribution >= 0.6 is 0 Å². The second-order valence-electron chi connectivity index (χ2n) is 37.9. The fraction of sp³-hybridized carbons (Fsp3) is 0.508. The number of unbranched alkanes of at least 4 members (excludes halogenated alkanes) is 40. The summed E-state index contributed by atoms with van der Waals surface area (Å²) in [6, 6.07) is 51.5. The van der Waals surface area contributed by atoms with Crippen molar-refractivity contribution in [2.75, 3.05) is 60.0 Å². The van der Waals surface area contributed by atoms with Gasteiger partial charge in [0.05, 0.1) is 65.5 Å². The second-order valence-corrected chi connectivity index (χ2v) is 37.9. The monoisotopic (exact) mass is 1880 g/mol. The molecule has 8 aromatic carbocycles. The Morgan fingerprint density at radius 1 is 0.167 bits per heavy atom. The van der Waals surface area contributed by atoms with Gasteiger partial charge in [-0.1, -0.05) is 482 Å². The fourth-order valence-electron chi connectivity index (χ4n) is 17.1. The van der Waals surface area contributed by atoms with Crippen LogP contribution in [0.15, 0.2) is 146 Å². The third kappa shape index (κ3) is 46.7. The van der Waals surface area contributed by atoms with Gasteiger partial charge in [-0.2, -0.15) is 0 Å². The molecule has 0 atom stereocenters. The Bertz CT molecular complexity index is 4750. The number of methoxy groups -OCH3 is 1. The Morgan fingerprint density at radius 3 is 0.442 bits per heavy atom. The minimum Gasteiger partial charge on any atom is -0.497 e. The first kappa shape index (κ1) is 113. The van der Waals surface area contributed by atoms with E-state index in [0.717, 1.165) is 227 Å². The summed E-state index contributed by atoms with van der Waals surface area (Å²) in [4.78, 5) is 12.5. The van der Waals surface area contributed by atoms with E-state index in [1.165, 1.54) is 205 Å². The van der Waals surface area contributed by atoms with Crippen LogP contribution in [0, 0.1) is 0 Å². The molecule has 0 heterocycles. The molecular formula is C128H178O10. The zero-order valence-electron chi connectivity index (χ0n) is 87.2. The summed E-state index contributed by atoms with van der Waals surface area (Å²) >= 11 is 0. The lowest BCUT2D eigenvalue weighted by Gasteiger charge is -2.16. The summed E-state index contributed by atoms with van der Waals surface area (Å²) in [6.45, 7) is 23.2. The van der Waals surface area contributed by atoms with Gasteiger partial charge in [0.15, 0.2) is 6.29 Å². The minimum atomic E-state index is 0.524. The van der Waals surface area contributed by atoms with Crippen molar-refractivity contribution in [3.8, 4) is 51.7 Å². The third-order valence-electron chi connectivity index (χ3n) is 25.9. The number of hydrogen-bond donors (Lipinski definition) is 0. The molecule has 8 aromatic rings. The molecule has 750 valence electrons. The number of ether oxygens (including phenoxy) is 9. The second kappa shape index (κ2) is 73.0. The standard InChI is InChI=1S/C128H178O10/c1-10-18-26-34-42-50-88-131-121-97-113(81-72-107-62-64-108(65-63-107)74-83-116-100-126(136-93-55-47-39-31-23-15-6)117(85-76-111-77-86-120(130-9)87-78-111)101-125(116)135-92-54-46-38-30-22-14-5)122(132-89-51-43-35-27-19-11-2)96-112(121)79-70-105-58-60-106(61-59-105)71-80-114-98-124(134-91-53-45-37-29-21-13-4)115(99-123(114)133-90-52-44-36-28-20-12-3)82-73-109-66-68-110(69-67-109)75-84-118-102-128(138-95-57-49-41-33-25-17-8)119(104-129)103-127(118)137-94-56-48-40-32-24-16-7/h58-87,96-104H,10-57,88-95H2,1-9H3/b79-70+,80-71+,81-72+,82-73+,83-74+,84-75+,85-76+. The van der Waals surface area contributed by atoms with Gasteiger partial charge < -0.3 is 42.6 Å². The molecule has 0 saturated heterocycles. The van der Waals surface area contributed by atoms with Gasteiger partial charge in [0.2, 0.25) is 0 Å². The van der Waals surface area contributed by atoms with Crippen molar-refractivity contribution in [1.29, 1.82) is 0 Å². The summed E-state index contributed by atoms with van der Waals surface area (Å²) in [5, 5.41) is 0. The summed E-state index contributed by atoms with van der Waals surface area (Å²) in [7, 11) is 1.71. The Kier molecular flexibility index (Phi) is 59.8. The molecule has 0 aliphatic heterocycles. The number of carbonyl (C=O) groups excluding carboxylic acids is 1. The molecule has 0 fully saturated rings. The highest BCUT2D eigenvalue weighted by molar-refractivity contribution is 5.86. The molecule has 0 N–H and O–H groups in total. The molecule has 0 aromatic heterocycles. The van der Waals surface area contributed by atoms with Gasteiger partial charge in [-0.3, -0.25) is 4.79 Å². The quantitative estimate of drug-likeness (QED) is 0.0208. The van der Waals surface area contributed by atoms with Crippen LogP contribution in [-0.2, 0) is 0 Å². The summed E-state index contributed by atoms with van der Waals surface area (Å²) in [6.07, 6.45) is 88.2. The predicted octanol–water partition coefficient (Wildman–Crippen LogP) is 38.6. The molecule has 0 unspecified atom stereocenters. The molecule has 10 nitrogen and oxygen atoms in total. The molecule has 0 saturated carbocycles. The molecule has 0 aliphatic rings. The van der Waals surface area contributed by atoms with Crippen LogP contribution in [0.3, 0.4) is 0 Å². The van der Waals surface area contributed by atoms with Gasteiger partial charge in [-0.05, 0) is 151 Å². The highest BCUT2D eigenvalue weighted by Crippen LogP contribution is 2.39. The zero-order valence-corrected chi connectivity index (χ0v) is 87.2. The van der Waals surface area contributed by atoms with Gasteiger partial charge in [-0.25, -0.2) is 0 Å². The first-order valence-corrected chi connectivity index (χ1v) is 55.0. The number of carbonyl (C=O) groups is 1. The van der Waals surface area contributed by atoms with Crippen molar-refractivity contribution in [2.24, 2.45) is 0 Å². The summed E-state index contributed by atoms with van der Waals surface area (Å²) in [5.74, 6) is 7.25. The zero-order chi connectivity index (χ0) is 97.4. The normalized spacial score (nSPS) is 11.8. The molecule has 10 heteroatoms. The Balaban J connectivity index is 1.07. The van der Waals surface area contributed by atoms with Crippen LogP contribution in [0.1, 0.15) is 452 Å². The van der Waals surface area contributed by atoms with Crippen molar-refractivity contribution >= 4 is 91.4 Å². The van der Waals surface area contributed by atoms with Crippen LogP contribution in [0.5, 0.6) is 51.7 Å². The van der Waals surface area contributed by atoms with Crippen molar-refractivity contribution in [2.45, 2.75) is 364 Å². The number of hydrogen-bond acceptors (Lipinski definition) is 10. The van der Waals surface area contributed by atoms with E-state index in [9.17, 15) is 4.79 Å². The van der Waals surface area contributed by atoms with E-state index in [1.54, 1.807) is 7.11 Å². The fourth-order valence-corrected chi connectivity index (χ4v) is 17.1. The first-order chi connectivity index (χ1) is 68.1. The average Bonchev–Trinajstić information content (AvgIpc) is 0.829. The number of aldehydes is 1. The van der Waals surface area contributed by atoms with E-state index in [2.05, 4.69) is 262 Å². The van der Waals surface area contributed by atoms with Crippen molar-refractivity contribution in [3.05, 3.63) is 229 Å². The van der Waals surface area contributed by atoms with Crippen LogP contribution in [0.25, 0.3) is 85.1 Å². The molecule has 0 aliphatic carbocycles. The van der Waals surface area contributed by atoms with Crippen LogP contribution < -0.4 is 42.6 Å². The lowest BCUT2D eigenvalue weighted by atomic mass is 10.0. The third-order valence-corrected chi connectivity index (χ3v) is 25.9. The Morgan fingerprint density at radius 2 is 0.297 bits per heavy atom. The van der Waals surface area contributed by atoms with E-state index < -0.39 is 0 Å². The molecule has 138 heavy (non-hydrogen) atoms. The number of benzene rings is 8. The number of rotatable bonds is 80. The maximum Gasteiger partial charge on any atom is 0.153 e. The van der Waals surface area contributed by atoms with Gasteiger partial charge >= 0.3 is 0 Å². The van der Waals surface area contributed by atoms with Gasteiger partial charge in [0.1, 0.15) is 51.7 Å². The van der Waals surface area contributed by atoms with Gasteiger partial charge in [0.25, 0.3) is 0 Å². The van der Waals surface area contributed by atoms with Crippen molar-refractivity contribution in [3.63, 3.8) is 0 Å². The molecular weight excluding hydrogens is 1700 g/mol. The molecule has 0 bridgehead atoms. The Labute approximate surface area is 837 Å². The van der Waals surface area contributed by atoms with Gasteiger partial charge in [0, 0.05) is 38.9 Å². The highest BCUT2D eigenvalue weighted by atomic mass is 16.5. The van der Waals surface area contributed by atoms with E-state index in [1.807, 2.05) is 24.3 Å². The SMILES string of the molecule is CCCCCCCCOc1cc(/C=C/c2ccc(/C=C/c3cc(OCCCCCCCC)c(/C=C/c4ccc(/C=C/c5cc(OCCCCCCCC)c(/C=C/c6ccc(/C=C/c7cc(OCCCCCCCC)c(/C=C/c8ccc(OC)cc8)cc7OCCCCCCCC)cc6)cc5OCCCCCCCC)cc4)cc3OCCCCCCCC)cc2)c(OCCCCCCCC)cc1C=O. The molecule has 0 amide bonds. The first-order valence-electron chi connectivity index (χ1n) is 55.0. The maximum atomic E-state index is 12.5. The highest BCUT2D eigenvalue weighted by Gasteiger charge is 2.18. The summed E-state index contributed by atoms with van der Waals surface area (Å²) < 4.78 is 59.2. The van der Waals surface area contributed by atoms with Crippen LogP contribution in [0.2, 0.25) is 0 Å². The van der Waals surface area contributed by atoms with Gasteiger partial charge in [-0.15, -0.1) is 0 Å². The van der Waals surface area contributed by atoms with Crippen molar-refractivity contribution in [1.82, 2.24) is 0 Å². The maximum absolute atomic E-state index is 12.5. The predicted molar refractivity (Wildman–Crippen MR) is 597 cm³/mol. The molecule has 0 radical (unpaired) electrons. The Hall–Kier alpha value is -10.2. The lowest BCUT2D eigenvalue weighted by molar-refractivity contribution is 0.111. The van der Waals surface area contributed by atoms with E-state index in [0.29, 0.717) is 69.9 Å². The smallest absolute Gasteiger partial charge is 0.153 e. The summed E-state index contributed by atoms with van der Waals surface area (Å²) in [5.41, 5.74) is 14.9. The van der Waals surface area contributed by atoms with E-state index >= 15 is 0 Å². The van der Waals surface area contributed by atoms with Crippen LogP contribution in [-0.4, -0.2) is 66.3 Å². The van der Waals surface area contributed by atoms with Crippen molar-refractivity contribution < 1.29 is 47.4 Å². The largest absolute Gasteiger partial charge is 0.497 e. The topological polar surface area (TPSA) is 100 Å². The van der Waals surface area contributed by atoms with Crippen LogP contribution in [0.4, 0.5) is 0 Å². The lowest BCUT2D eigenvalue weighted by Crippen LogP contribution is -2.04. The van der Waals surface area contributed by atoms with E-state index in [-0.39, 0.29) is 0 Å².